The fraction of sp³-hybridized carbons (Fsp3) is 0.357. The summed E-state index contributed by atoms with van der Waals surface area (Å²) in [7, 11) is 0. The topological polar surface area (TPSA) is 150 Å². The number of carbonyl (C=O) groups is 3. The van der Waals surface area contributed by atoms with Gasteiger partial charge in [0.25, 0.3) is 0 Å². The van der Waals surface area contributed by atoms with Crippen LogP contribution in [0.15, 0.2) is 60.8 Å². The van der Waals surface area contributed by atoms with E-state index < -0.39 is 41.7 Å². The number of nitrogens with zero attached hydrogens (tertiary/aromatic N) is 2. The number of halogens is 4. The number of aromatic nitrogens is 1. The Morgan fingerprint density at radius 1 is 1.10 bits per heavy atom. The molecule has 0 fully saturated rings. The van der Waals surface area contributed by atoms with Crippen LogP contribution in [0, 0.1) is 0 Å². The van der Waals surface area contributed by atoms with E-state index in [0.29, 0.717) is 24.0 Å². The highest BCUT2D eigenvalue weighted by Gasteiger charge is 2.34. The molecule has 14 heteroatoms. The summed E-state index contributed by atoms with van der Waals surface area (Å²) in [5, 5.41) is 16.8. The maximum absolute atomic E-state index is 13.4. The van der Waals surface area contributed by atoms with Gasteiger partial charge in [0.15, 0.2) is 0 Å². The average Bonchev–Trinajstić information content (AvgIpc) is 2.98. The Morgan fingerprint density at radius 3 is 2.40 bits per heavy atom. The minimum Gasteiger partial charge on any atom is -0.386 e. The van der Waals surface area contributed by atoms with Gasteiger partial charge in [-0.05, 0) is 55.0 Å². The maximum Gasteiger partial charge on any atom is 0.416 e. The number of likely N-dealkylation sites (N-methyl/N-ethyl adjacent to an activating group) is 1. The second kappa shape index (κ2) is 14.9. The molecule has 226 valence electrons. The van der Waals surface area contributed by atoms with Crippen LogP contribution in [-0.2, 0) is 20.6 Å². The van der Waals surface area contributed by atoms with E-state index in [0.717, 1.165) is 24.3 Å². The van der Waals surface area contributed by atoms with Crippen molar-refractivity contribution in [1.29, 1.82) is 0 Å². The lowest BCUT2D eigenvalue weighted by Crippen LogP contribution is -2.52. The van der Waals surface area contributed by atoms with Crippen LogP contribution in [0.1, 0.15) is 37.0 Å². The molecule has 6 N–H and O–H groups in total. The third kappa shape index (κ3) is 8.61. The van der Waals surface area contributed by atoms with Gasteiger partial charge in [0.05, 0.1) is 23.0 Å². The van der Waals surface area contributed by atoms with Gasteiger partial charge >= 0.3 is 6.18 Å². The highest BCUT2D eigenvalue weighted by atomic mass is 35.5. The van der Waals surface area contributed by atoms with Crippen LogP contribution in [0.2, 0.25) is 0 Å². The van der Waals surface area contributed by atoms with Gasteiger partial charge in [0.2, 0.25) is 17.7 Å². The van der Waals surface area contributed by atoms with Crippen molar-refractivity contribution in [2.45, 2.75) is 44.1 Å². The quantitative estimate of drug-likeness (QED) is 0.187. The Hall–Kier alpha value is -3.78. The molecule has 0 saturated carbocycles. The number of aliphatic hydroxyl groups excluding tert-OH is 1. The van der Waals surface area contributed by atoms with Crippen LogP contribution in [-0.4, -0.2) is 64.4 Å². The number of nitrogens with one attached hydrogen (secondary N) is 3. The highest BCUT2D eigenvalue weighted by molar-refractivity contribution is 6.15. The summed E-state index contributed by atoms with van der Waals surface area (Å²) in [5.74, 6) is -1.93. The number of rotatable bonds is 13. The largest absolute Gasteiger partial charge is 0.416 e. The zero-order valence-corrected chi connectivity index (χ0v) is 23.5. The molecular weight excluding hydrogens is 577 g/mol. The zero-order valence-electron chi connectivity index (χ0n) is 22.7. The normalized spacial score (nSPS) is 13.7. The van der Waals surface area contributed by atoms with E-state index in [4.69, 9.17) is 17.5 Å². The minimum atomic E-state index is -4.61. The molecule has 3 rings (SSSR count). The third-order valence-corrected chi connectivity index (χ3v) is 6.83. The number of carbonyl (C=O) groups excluding carboxylic acids is 3. The first-order chi connectivity index (χ1) is 20.0. The SMILES string of the molecule is CCN(CCN)C(=O)CCC(NCl)C(=O)NC(C(=O)Nc1cnc2ccccc2c1)C(O)c1ccc(C(F)(F)F)cc1. The number of hydrogen-bond acceptors (Lipinski definition) is 7. The molecule has 0 aliphatic rings. The van der Waals surface area contributed by atoms with Gasteiger partial charge in [0.1, 0.15) is 18.2 Å². The smallest absolute Gasteiger partial charge is 0.386 e. The molecule has 1 aromatic heterocycles. The predicted molar refractivity (Wildman–Crippen MR) is 152 cm³/mol. The summed E-state index contributed by atoms with van der Waals surface area (Å²) in [6, 6.07) is 9.53. The van der Waals surface area contributed by atoms with Crippen molar-refractivity contribution in [3.05, 3.63) is 71.9 Å². The molecule has 3 atom stereocenters. The molecule has 1 heterocycles. The maximum atomic E-state index is 13.4. The summed E-state index contributed by atoms with van der Waals surface area (Å²) in [4.78, 5) is 47.1. The molecule has 0 saturated heterocycles. The van der Waals surface area contributed by atoms with Crippen molar-refractivity contribution >= 4 is 46.1 Å². The number of alkyl halides is 3. The molecule has 0 aliphatic carbocycles. The van der Waals surface area contributed by atoms with Gasteiger partial charge in [-0.2, -0.15) is 13.2 Å². The third-order valence-electron chi connectivity index (χ3n) is 6.56. The molecule has 42 heavy (non-hydrogen) atoms. The van der Waals surface area contributed by atoms with E-state index >= 15 is 0 Å². The molecule has 3 unspecified atom stereocenters. The summed E-state index contributed by atoms with van der Waals surface area (Å²) in [6.45, 7) is 2.81. The van der Waals surface area contributed by atoms with Gasteiger partial charge in [-0.1, -0.05) is 30.3 Å². The number of anilines is 1. The van der Waals surface area contributed by atoms with Crippen LogP contribution in [0.25, 0.3) is 10.9 Å². The molecular formula is C28H32ClF3N6O4. The molecule has 0 aliphatic heterocycles. The van der Waals surface area contributed by atoms with E-state index in [1.54, 1.807) is 37.3 Å². The van der Waals surface area contributed by atoms with Gasteiger partial charge in [0, 0.05) is 31.4 Å². The second-order valence-corrected chi connectivity index (χ2v) is 9.64. The van der Waals surface area contributed by atoms with Crippen LogP contribution >= 0.6 is 11.8 Å². The Morgan fingerprint density at radius 2 is 1.79 bits per heavy atom. The molecule has 0 spiro atoms. The lowest BCUT2D eigenvalue weighted by molar-refractivity contribution is -0.137. The first kappa shape index (κ1) is 32.7. The van der Waals surface area contributed by atoms with Gasteiger partial charge in [-0.15, -0.1) is 0 Å². The van der Waals surface area contributed by atoms with Crippen LogP contribution in [0.5, 0.6) is 0 Å². The first-order valence-corrected chi connectivity index (χ1v) is 13.5. The molecule has 0 bridgehead atoms. The van der Waals surface area contributed by atoms with Crippen molar-refractivity contribution in [1.82, 2.24) is 20.0 Å². The molecule has 10 nitrogen and oxygen atoms in total. The summed E-state index contributed by atoms with van der Waals surface area (Å²) >= 11 is 5.79. The van der Waals surface area contributed by atoms with Crippen molar-refractivity contribution in [2.24, 2.45) is 5.73 Å². The van der Waals surface area contributed by atoms with Crippen LogP contribution < -0.4 is 21.2 Å². The summed E-state index contributed by atoms with van der Waals surface area (Å²) in [6.07, 6.45) is -5.07. The second-order valence-electron chi connectivity index (χ2n) is 9.42. The Bertz CT molecular complexity index is 1380. The average molecular weight is 609 g/mol. The van der Waals surface area contributed by atoms with Gasteiger partial charge in [-0.3, -0.25) is 19.4 Å². The van der Waals surface area contributed by atoms with E-state index in [9.17, 15) is 32.7 Å². The van der Waals surface area contributed by atoms with Gasteiger partial charge < -0.3 is 26.4 Å². The number of benzene rings is 2. The monoisotopic (exact) mass is 608 g/mol. The van der Waals surface area contributed by atoms with Crippen molar-refractivity contribution < 1.29 is 32.7 Å². The molecule has 0 radical (unpaired) electrons. The Kier molecular flexibility index (Phi) is 11.6. The number of fused-ring (bicyclic) bond motifs is 1. The summed E-state index contributed by atoms with van der Waals surface area (Å²) < 4.78 is 39.2. The fourth-order valence-corrected chi connectivity index (χ4v) is 4.45. The minimum absolute atomic E-state index is 0.0471. The highest BCUT2D eigenvalue weighted by Crippen LogP contribution is 2.30. The van der Waals surface area contributed by atoms with Crippen molar-refractivity contribution in [3.8, 4) is 0 Å². The number of hydrogen-bond donors (Lipinski definition) is 5. The van der Waals surface area contributed by atoms with E-state index in [1.807, 2.05) is 0 Å². The zero-order chi connectivity index (χ0) is 30.9. The van der Waals surface area contributed by atoms with Crippen molar-refractivity contribution in [3.63, 3.8) is 0 Å². The van der Waals surface area contributed by atoms with Crippen LogP contribution in [0.4, 0.5) is 18.9 Å². The van der Waals surface area contributed by atoms with Crippen LogP contribution in [0.3, 0.4) is 0 Å². The number of pyridine rings is 1. The Balaban J connectivity index is 1.83. The molecule has 2 aromatic carbocycles. The molecule has 3 amide bonds. The molecule has 3 aromatic rings. The van der Waals surface area contributed by atoms with Gasteiger partial charge in [-0.25, -0.2) is 4.84 Å². The predicted octanol–water partition coefficient (Wildman–Crippen LogP) is 3.11. The van der Waals surface area contributed by atoms with E-state index in [-0.39, 0.29) is 36.5 Å². The summed E-state index contributed by atoms with van der Waals surface area (Å²) in [5.41, 5.74) is 5.46. The number of para-hydroxylation sites is 1. The number of aliphatic hydroxyl groups is 1. The fourth-order valence-electron chi connectivity index (χ4n) is 4.24. The lowest BCUT2D eigenvalue weighted by Gasteiger charge is -2.26. The standard InChI is InChI=1S/C28H32ClF3N6O4/c1-2-38(14-13-33)23(39)12-11-22(37-29)26(41)36-24(25(40)17-7-9-19(10-8-17)28(30,31)32)27(42)35-20-15-18-5-3-4-6-21(18)34-16-20/h3-10,15-16,22,24-25,37,40H,2,11-14,33H2,1H3,(H,35,42)(H,36,41). The van der Waals surface area contributed by atoms with E-state index in [2.05, 4.69) is 20.5 Å². The van der Waals surface area contributed by atoms with E-state index in [1.165, 1.54) is 11.1 Å². The lowest BCUT2D eigenvalue weighted by atomic mass is 9.99. The number of nitrogens with two attached hydrogens (primary N) is 1. The van der Waals surface area contributed by atoms with Crippen molar-refractivity contribution in [2.75, 3.05) is 25.0 Å². The first-order valence-electron chi connectivity index (χ1n) is 13.1. The Labute approximate surface area is 245 Å². The number of amides is 3.